The quantitative estimate of drug-likeness (QED) is 0.911. The lowest BCUT2D eigenvalue weighted by Gasteiger charge is -2.29. The van der Waals surface area contributed by atoms with Gasteiger partial charge in [-0.2, -0.15) is 0 Å². The molecule has 0 radical (unpaired) electrons. The highest BCUT2D eigenvalue weighted by atomic mass is 16.3. The summed E-state index contributed by atoms with van der Waals surface area (Å²) in [5, 5.41) is 11.0. The number of rotatable bonds is 3. The van der Waals surface area contributed by atoms with Crippen LogP contribution in [-0.2, 0) is 20.6 Å². The van der Waals surface area contributed by atoms with Crippen molar-refractivity contribution in [1.82, 2.24) is 0 Å². The summed E-state index contributed by atoms with van der Waals surface area (Å²) in [6, 6.07) is 13.5. The Morgan fingerprint density at radius 3 is 2.15 bits per heavy atom. The highest BCUT2D eigenvalue weighted by Gasteiger charge is 2.52. The maximum atomic E-state index is 13.4. The van der Waals surface area contributed by atoms with E-state index in [2.05, 4.69) is 0 Å². The van der Waals surface area contributed by atoms with Crippen LogP contribution in [0.2, 0.25) is 0 Å². The standard InChI is InChI=1S/C22H24N2O3/c1-5-21(15-9-7-8-10-17(15)23(3)19(21)25)14-11-12-18-16(13-14)22(27,6-2)20(26)24(18)4/h7-13,27H,5-6H2,1-4H3. The molecule has 2 aliphatic heterocycles. The Morgan fingerprint density at radius 2 is 1.48 bits per heavy atom. The smallest absolute Gasteiger partial charge is 0.263 e. The minimum Gasteiger partial charge on any atom is -0.375 e. The van der Waals surface area contributed by atoms with Crippen LogP contribution in [-0.4, -0.2) is 31.0 Å². The van der Waals surface area contributed by atoms with Gasteiger partial charge in [0.2, 0.25) is 5.91 Å². The van der Waals surface area contributed by atoms with Gasteiger partial charge in [-0.25, -0.2) is 0 Å². The lowest BCUT2D eigenvalue weighted by molar-refractivity contribution is -0.136. The van der Waals surface area contributed by atoms with Gasteiger partial charge in [0.25, 0.3) is 5.91 Å². The van der Waals surface area contributed by atoms with Crippen LogP contribution in [0.4, 0.5) is 11.4 Å². The predicted octanol–water partition coefficient (Wildman–Crippen LogP) is 2.93. The fourth-order valence-corrected chi connectivity index (χ4v) is 4.73. The Balaban J connectivity index is 1.98. The van der Waals surface area contributed by atoms with Crippen molar-refractivity contribution in [3.05, 3.63) is 59.2 Å². The number of amides is 2. The van der Waals surface area contributed by atoms with Gasteiger partial charge >= 0.3 is 0 Å². The van der Waals surface area contributed by atoms with Crippen molar-refractivity contribution in [2.75, 3.05) is 23.9 Å². The van der Waals surface area contributed by atoms with E-state index in [1.807, 2.05) is 49.4 Å². The highest BCUT2D eigenvalue weighted by Crippen LogP contribution is 2.50. The largest absolute Gasteiger partial charge is 0.375 e. The van der Waals surface area contributed by atoms with Crippen molar-refractivity contribution >= 4 is 23.2 Å². The van der Waals surface area contributed by atoms with Crippen molar-refractivity contribution in [3.8, 4) is 0 Å². The minimum absolute atomic E-state index is 0.0175. The van der Waals surface area contributed by atoms with Crippen LogP contribution in [0.15, 0.2) is 42.5 Å². The Hall–Kier alpha value is -2.66. The average molecular weight is 364 g/mol. The van der Waals surface area contributed by atoms with E-state index in [1.165, 1.54) is 4.90 Å². The number of aliphatic hydroxyl groups is 1. The van der Waals surface area contributed by atoms with E-state index in [0.717, 1.165) is 16.8 Å². The molecule has 2 amide bonds. The van der Waals surface area contributed by atoms with Gasteiger partial charge in [0, 0.05) is 25.3 Å². The Morgan fingerprint density at radius 1 is 0.852 bits per heavy atom. The summed E-state index contributed by atoms with van der Waals surface area (Å²) >= 11 is 0. The van der Waals surface area contributed by atoms with E-state index >= 15 is 0 Å². The molecule has 0 aromatic heterocycles. The van der Waals surface area contributed by atoms with E-state index in [-0.39, 0.29) is 18.2 Å². The third kappa shape index (κ3) is 1.98. The van der Waals surface area contributed by atoms with Gasteiger partial charge in [0.05, 0.1) is 5.69 Å². The number of para-hydroxylation sites is 1. The molecule has 5 nitrogen and oxygen atoms in total. The molecule has 140 valence electrons. The number of carbonyl (C=O) groups is 2. The maximum Gasteiger partial charge on any atom is 0.263 e. The SMILES string of the molecule is CCC1(O)C(=O)N(C)c2ccc(C3(CC)C(=O)N(C)c4ccccc43)cc21. The van der Waals surface area contributed by atoms with Crippen LogP contribution >= 0.6 is 0 Å². The van der Waals surface area contributed by atoms with Gasteiger partial charge in [-0.1, -0.05) is 38.1 Å². The number of hydrogen-bond acceptors (Lipinski definition) is 3. The summed E-state index contributed by atoms with van der Waals surface area (Å²) in [6.07, 6.45) is 0.885. The molecule has 0 saturated heterocycles. The Labute approximate surface area is 159 Å². The summed E-state index contributed by atoms with van der Waals surface area (Å²) in [6.45, 7) is 3.80. The third-order valence-electron chi connectivity index (χ3n) is 6.39. The lowest BCUT2D eigenvalue weighted by atomic mass is 9.72. The minimum atomic E-state index is -1.54. The van der Waals surface area contributed by atoms with E-state index < -0.39 is 11.0 Å². The molecule has 27 heavy (non-hydrogen) atoms. The Bertz CT molecular complexity index is 970. The number of likely N-dealkylation sites (N-methyl/N-ethyl adjacent to an activating group) is 2. The van der Waals surface area contributed by atoms with Gasteiger partial charge in [0.15, 0.2) is 5.60 Å². The van der Waals surface area contributed by atoms with Gasteiger partial charge in [-0.3, -0.25) is 9.59 Å². The number of anilines is 2. The van der Waals surface area contributed by atoms with Gasteiger partial charge in [-0.15, -0.1) is 0 Å². The predicted molar refractivity (Wildman–Crippen MR) is 105 cm³/mol. The van der Waals surface area contributed by atoms with Crippen LogP contribution in [0, 0.1) is 0 Å². The summed E-state index contributed by atoms with van der Waals surface area (Å²) in [4.78, 5) is 29.2. The van der Waals surface area contributed by atoms with Crippen molar-refractivity contribution in [1.29, 1.82) is 0 Å². The molecule has 0 fully saturated rings. The second-order valence-electron chi connectivity index (χ2n) is 7.45. The second kappa shape index (κ2) is 5.67. The molecule has 5 heteroatoms. The summed E-state index contributed by atoms with van der Waals surface area (Å²) in [5.74, 6) is -0.304. The number of hydrogen-bond donors (Lipinski definition) is 1. The first kappa shape index (κ1) is 17.7. The lowest BCUT2D eigenvalue weighted by Crippen LogP contribution is -2.40. The van der Waals surface area contributed by atoms with Crippen LogP contribution < -0.4 is 9.80 Å². The molecule has 0 bridgehead atoms. The van der Waals surface area contributed by atoms with E-state index in [4.69, 9.17) is 0 Å². The van der Waals surface area contributed by atoms with Crippen molar-refractivity contribution < 1.29 is 14.7 Å². The molecule has 2 aliphatic rings. The highest BCUT2D eigenvalue weighted by molar-refractivity contribution is 6.11. The molecule has 0 aliphatic carbocycles. The summed E-state index contributed by atoms with van der Waals surface area (Å²) in [7, 11) is 3.47. The first-order valence-corrected chi connectivity index (χ1v) is 9.36. The zero-order chi connectivity index (χ0) is 19.6. The van der Waals surface area contributed by atoms with Crippen LogP contribution in [0.1, 0.15) is 43.4 Å². The third-order valence-corrected chi connectivity index (χ3v) is 6.39. The monoisotopic (exact) mass is 364 g/mol. The molecular weight excluding hydrogens is 340 g/mol. The summed E-state index contributed by atoms with van der Waals surface area (Å²) < 4.78 is 0. The molecule has 0 saturated carbocycles. The molecule has 2 atom stereocenters. The first-order valence-electron chi connectivity index (χ1n) is 9.36. The summed E-state index contributed by atoms with van der Waals surface area (Å²) in [5.41, 5.74) is 1.64. The van der Waals surface area contributed by atoms with Gasteiger partial charge < -0.3 is 14.9 Å². The maximum absolute atomic E-state index is 13.4. The molecule has 2 heterocycles. The van der Waals surface area contributed by atoms with Crippen LogP contribution in [0.3, 0.4) is 0 Å². The molecular formula is C22H24N2O3. The zero-order valence-corrected chi connectivity index (χ0v) is 16.1. The fourth-order valence-electron chi connectivity index (χ4n) is 4.73. The second-order valence-corrected chi connectivity index (χ2v) is 7.45. The number of carbonyl (C=O) groups excluding carboxylic acids is 2. The van der Waals surface area contributed by atoms with Crippen molar-refractivity contribution in [2.45, 2.75) is 37.7 Å². The number of fused-ring (bicyclic) bond motifs is 2. The van der Waals surface area contributed by atoms with E-state index in [0.29, 0.717) is 17.7 Å². The van der Waals surface area contributed by atoms with Crippen molar-refractivity contribution in [3.63, 3.8) is 0 Å². The molecule has 2 aromatic rings. The van der Waals surface area contributed by atoms with Crippen molar-refractivity contribution in [2.24, 2.45) is 0 Å². The van der Waals surface area contributed by atoms with E-state index in [9.17, 15) is 14.7 Å². The molecule has 4 rings (SSSR count). The van der Waals surface area contributed by atoms with E-state index in [1.54, 1.807) is 25.9 Å². The van der Waals surface area contributed by atoms with Crippen LogP contribution in [0.5, 0.6) is 0 Å². The molecule has 1 N–H and O–H groups in total. The zero-order valence-electron chi connectivity index (χ0n) is 16.1. The number of nitrogens with zero attached hydrogens (tertiary/aromatic N) is 2. The Kier molecular flexibility index (Phi) is 3.72. The number of benzene rings is 2. The van der Waals surface area contributed by atoms with Gasteiger partial charge in [0.1, 0.15) is 5.41 Å². The average Bonchev–Trinajstić information content (AvgIpc) is 3.04. The first-order chi connectivity index (χ1) is 12.8. The van der Waals surface area contributed by atoms with Gasteiger partial charge in [-0.05, 0) is 42.2 Å². The van der Waals surface area contributed by atoms with Crippen LogP contribution in [0.25, 0.3) is 0 Å². The molecule has 2 aromatic carbocycles. The molecule has 2 unspecified atom stereocenters. The molecule has 0 spiro atoms. The normalized spacial score (nSPS) is 26.6. The fraction of sp³-hybridized carbons (Fsp3) is 0.364. The topological polar surface area (TPSA) is 60.9 Å².